The number of aromatic nitrogens is 1. The number of nitrogens with zero attached hydrogens (tertiary/aromatic N) is 1. The first kappa shape index (κ1) is 15.5. The summed E-state index contributed by atoms with van der Waals surface area (Å²) in [7, 11) is 0. The summed E-state index contributed by atoms with van der Waals surface area (Å²) in [6.07, 6.45) is 0. The van der Waals surface area contributed by atoms with Gasteiger partial charge in [0, 0.05) is 26.6 Å². The summed E-state index contributed by atoms with van der Waals surface area (Å²) >= 11 is 12.0. The van der Waals surface area contributed by atoms with Crippen molar-refractivity contribution in [3.63, 3.8) is 0 Å². The van der Waals surface area contributed by atoms with Crippen LogP contribution < -0.4 is 0 Å². The summed E-state index contributed by atoms with van der Waals surface area (Å²) in [6, 6.07) is 9.97. The van der Waals surface area contributed by atoms with Crippen molar-refractivity contribution >= 4 is 75.8 Å². The molecule has 0 bridgehead atoms. The fourth-order valence-corrected chi connectivity index (χ4v) is 5.76. The second-order valence-electron chi connectivity index (χ2n) is 4.66. The molecule has 21 heavy (non-hydrogen) atoms. The predicted molar refractivity (Wildman–Crippen MR) is 98.4 cm³/mol. The highest BCUT2D eigenvalue weighted by Crippen LogP contribution is 2.34. The lowest BCUT2D eigenvalue weighted by Crippen LogP contribution is -2.11. The zero-order valence-electron chi connectivity index (χ0n) is 11.0. The first-order chi connectivity index (χ1) is 9.99. The standard InChI is InChI=1S/C15H10Br3NOS/c1-8-14(17)9-4-2-3-5-11(9)19(8)7-12(20)10-6-13(16)21-15(10)18/h2-6H,7H2,1H3. The summed E-state index contributed by atoms with van der Waals surface area (Å²) < 4.78 is 4.93. The van der Waals surface area contributed by atoms with Crippen LogP contribution in [0.25, 0.3) is 10.9 Å². The number of fused-ring (bicyclic) bond motifs is 1. The van der Waals surface area contributed by atoms with Gasteiger partial charge in [-0.05, 0) is 66.8 Å². The van der Waals surface area contributed by atoms with Crippen molar-refractivity contribution < 1.29 is 4.79 Å². The van der Waals surface area contributed by atoms with Crippen molar-refractivity contribution in [2.75, 3.05) is 0 Å². The molecule has 6 heteroatoms. The summed E-state index contributed by atoms with van der Waals surface area (Å²) in [6.45, 7) is 2.36. The van der Waals surface area contributed by atoms with Gasteiger partial charge in [0.2, 0.25) is 0 Å². The lowest BCUT2D eigenvalue weighted by atomic mass is 10.2. The molecule has 0 saturated carbocycles. The molecule has 0 aliphatic rings. The largest absolute Gasteiger partial charge is 0.336 e. The van der Waals surface area contributed by atoms with E-state index in [4.69, 9.17) is 0 Å². The molecule has 2 aromatic heterocycles. The highest BCUT2D eigenvalue weighted by atomic mass is 79.9. The van der Waals surface area contributed by atoms with Crippen LogP contribution in [0.1, 0.15) is 16.1 Å². The van der Waals surface area contributed by atoms with Gasteiger partial charge in [-0.3, -0.25) is 4.79 Å². The number of para-hydroxylation sites is 1. The van der Waals surface area contributed by atoms with E-state index in [0.717, 1.165) is 34.2 Å². The minimum absolute atomic E-state index is 0.0974. The second-order valence-corrected chi connectivity index (χ2v) is 9.21. The average molecular weight is 492 g/mol. The Balaban J connectivity index is 2.04. The van der Waals surface area contributed by atoms with Crippen LogP contribution in [0.3, 0.4) is 0 Å². The number of hydrogen-bond acceptors (Lipinski definition) is 2. The Hall–Kier alpha value is -0.430. The number of carbonyl (C=O) groups excluding carboxylic acids is 1. The molecule has 0 N–H and O–H groups in total. The molecule has 0 atom stereocenters. The van der Waals surface area contributed by atoms with Gasteiger partial charge in [-0.15, -0.1) is 11.3 Å². The summed E-state index contributed by atoms with van der Waals surface area (Å²) in [5.74, 6) is 0.0974. The molecule has 0 saturated heterocycles. The zero-order chi connectivity index (χ0) is 15.1. The van der Waals surface area contributed by atoms with E-state index in [1.54, 1.807) is 0 Å². The van der Waals surface area contributed by atoms with Gasteiger partial charge in [0.1, 0.15) is 0 Å². The van der Waals surface area contributed by atoms with Crippen molar-refractivity contribution in [1.29, 1.82) is 0 Å². The number of carbonyl (C=O) groups is 1. The van der Waals surface area contributed by atoms with E-state index in [1.165, 1.54) is 11.3 Å². The van der Waals surface area contributed by atoms with E-state index < -0.39 is 0 Å². The third kappa shape index (κ3) is 2.79. The molecular formula is C15H10Br3NOS. The van der Waals surface area contributed by atoms with Gasteiger partial charge in [0.25, 0.3) is 0 Å². The Bertz CT molecular complexity index is 850. The fraction of sp³-hybridized carbons (Fsp3) is 0.133. The van der Waals surface area contributed by atoms with Gasteiger partial charge >= 0.3 is 0 Å². The predicted octanol–water partition coefficient (Wildman–Crippen LogP) is 6.18. The van der Waals surface area contributed by atoms with Gasteiger partial charge in [-0.25, -0.2) is 0 Å². The lowest BCUT2D eigenvalue weighted by Gasteiger charge is -2.07. The Kier molecular flexibility index (Phi) is 4.41. The molecule has 1 aromatic carbocycles. The Morgan fingerprint density at radius 3 is 2.62 bits per heavy atom. The van der Waals surface area contributed by atoms with Gasteiger partial charge in [0.05, 0.1) is 14.1 Å². The topological polar surface area (TPSA) is 22.0 Å². The van der Waals surface area contributed by atoms with E-state index in [1.807, 2.05) is 31.2 Å². The maximum atomic E-state index is 12.6. The van der Waals surface area contributed by atoms with Crippen LogP contribution in [-0.2, 0) is 6.54 Å². The third-order valence-corrected chi connectivity index (χ3v) is 6.75. The molecule has 2 heterocycles. The maximum absolute atomic E-state index is 12.6. The third-order valence-electron chi connectivity index (χ3n) is 3.41. The number of halogens is 3. The first-order valence-electron chi connectivity index (χ1n) is 6.20. The molecule has 0 amide bonds. The van der Waals surface area contributed by atoms with Crippen molar-refractivity contribution in [3.05, 3.63) is 53.6 Å². The molecular weight excluding hydrogens is 482 g/mol. The lowest BCUT2D eigenvalue weighted by molar-refractivity contribution is 0.0972. The highest BCUT2D eigenvalue weighted by Gasteiger charge is 2.18. The average Bonchev–Trinajstić information content (AvgIpc) is 2.92. The first-order valence-corrected chi connectivity index (χ1v) is 9.40. The van der Waals surface area contributed by atoms with Crippen LogP contribution in [0.2, 0.25) is 0 Å². The Morgan fingerprint density at radius 1 is 1.24 bits per heavy atom. The van der Waals surface area contributed by atoms with Crippen LogP contribution in [0.15, 0.2) is 42.4 Å². The van der Waals surface area contributed by atoms with Crippen molar-refractivity contribution in [2.24, 2.45) is 0 Å². The minimum Gasteiger partial charge on any atom is -0.336 e. The summed E-state index contributed by atoms with van der Waals surface area (Å²) in [4.78, 5) is 12.6. The Morgan fingerprint density at radius 2 is 1.95 bits per heavy atom. The van der Waals surface area contributed by atoms with Crippen LogP contribution in [-0.4, -0.2) is 10.4 Å². The molecule has 2 nitrogen and oxygen atoms in total. The Labute approximate surface area is 151 Å². The molecule has 0 fully saturated rings. The van der Waals surface area contributed by atoms with Gasteiger partial charge in [0.15, 0.2) is 5.78 Å². The van der Waals surface area contributed by atoms with Crippen LogP contribution >= 0.6 is 59.1 Å². The van der Waals surface area contributed by atoms with Crippen molar-refractivity contribution in [1.82, 2.24) is 4.57 Å². The molecule has 3 rings (SSSR count). The van der Waals surface area contributed by atoms with Gasteiger partial charge in [-0.2, -0.15) is 0 Å². The molecule has 0 spiro atoms. The summed E-state index contributed by atoms with van der Waals surface area (Å²) in [5.41, 5.74) is 2.86. The van der Waals surface area contributed by atoms with Crippen molar-refractivity contribution in [3.8, 4) is 0 Å². The van der Waals surface area contributed by atoms with E-state index in [0.29, 0.717) is 6.54 Å². The van der Waals surface area contributed by atoms with Gasteiger partial charge < -0.3 is 4.57 Å². The molecule has 0 aliphatic carbocycles. The number of rotatable bonds is 3. The monoisotopic (exact) mass is 489 g/mol. The van der Waals surface area contributed by atoms with Gasteiger partial charge in [-0.1, -0.05) is 18.2 Å². The van der Waals surface area contributed by atoms with Crippen molar-refractivity contribution in [2.45, 2.75) is 13.5 Å². The van der Waals surface area contributed by atoms with E-state index in [9.17, 15) is 4.79 Å². The molecule has 0 radical (unpaired) electrons. The second kappa shape index (κ2) is 5.99. The number of ketones is 1. The van der Waals surface area contributed by atoms with Crippen LogP contribution in [0.5, 0.6) is 0 Å². The van der Waals surface area contributed by atoms with Crippen LogP contribution in [0.4, 0.5) is 0 Å². The minimum atomic E-state index is 0.0974. The number of thiophene rings is 1. The number of benzene rings is 1. The maximum Gasteiger partial charge on any atom is 0.184 e. The molecule has 108 valence electrons. The molecule has 0 unspecified atom stereocenters. The van der Waals surface area contributed by atoms with E-state index >= 15 is 0 Å². The zero-order valence-corrected chi connectivity index (χ0v) is 16.6. The number of hydrogen-bond donors (Lipinski definition) is 0. The van der Waals surface area contributed by atoms with Crippen LogP contribution in [0, 0.1) is 6.92 Å². The smallest absolute Gasteiger partial charge is 0.184 e. The SMILES string of the molecule is Cc1c(Br)c2ccccc2n1CC(=O)c1cc(Br)sc1Br. The molecule has 0 aliphatic heterocycles. The highest BCUT2D eigenvalue weighted by molar-refractivity contribution is 9.12. The summed E-state index contributed by atoms with van der Waals surface area (Å²) in [5, 5.41) is 1.13. The molecule has 3 aromatic rings. The quantitative estimate of drug-likeness (QED) is 0.401. The number of Topliss-reactive ketones (excluding diaryl/α,β-unsaturated/α-hetero) is 1. The van der Waals surface area contributed by atoms with E-state index in [2.05, 4.69) is 58.4 Å². The normalized spacial score (nSPS) is 11.2. The fourth-order valence-electron chi connectivity index (χ4n) is 2.35. The van der Waals surface area contributed by atoms with E-state index in [-0.39, 0.29) is 5.78 Å².